The maximum Gasteiger partial charge on any atom is 0.254 e. The van der Waals surface area contributed by atoms with Gasteiger partial charge in [-0.25, -0.2) is 0 Å². The molecule has 1 heterocycles. The summed E-state index contributed by atoms with van der Waals surface area (Å²) in [5, 5.41) is 0. The number of carbonyl (C=O) groups is 2. The van der Waals surface area contributed by atoms with Crippen molar-refractivity contribution in [3.8, 4) is 0 Å². The van der Waals surface area contributed by atoms with Crippen LogP contribution in [0.1, 0.15) is 41.4 Å². The van der Waals surface area contributed by atoms with Crippen LogP contribution in [0, 0.1) is 0 Å². The number of nitrogens with zero attached hydrogens (tertiary/aromatic N) is 3. The molecule has 0 aliphatic carbocycles. The number of ether oxygens (including phenoxy) is 1. The lowest BCUT2D eigenvalue weighted by Crippen LogP contribution is -2.44. The molecule has 3 aromatic rings. The molecule has 0 bridgehead atoms. The molecule has 35 heavy (non-hydrogen) atoms. The minimum absolute atomic E-state index is 0.0220. The first-order valence-electron chi connectivity index (χ1n) is 12.0. The van der Waals surface area contributed by atoms with Gasteiger partial charge in [-0.2, -0.15) is 0 Å². The zero-order valence-electron chi connectivity index (χ0n) is 20.5. The lowest BCUT2D eigenvalue weighted by atomic mass is 10.2. The third-order valence-corrected chi connectivity index (χ3v) is 6.40. The number of rotatable bonds is 13. The van der Waals surface area contributed by atoms with Crippen molar-refractivity contribution in [3.05, 3.63) is 94.2 Å². The molecule has 3 rings (SSSR count). The number of amides is 2. The molecule has 2 amide bonds. The molecule has 1 aromatic heterocycles. The van der Waals surface area contributed by atoms with Gasteiger partial charge in [-0.15, -0.1) is 0 Å². The molecule has 0 saturated carbocycles. The fourth-order valence-corrected chi connectivity index (χ4v) is 4.12. The Bertz CT molecular complexity index is 1070. The summed E-state index contributed by atoms with van der Waals surface area (Å²) in [4.78, 5) is 30.0. The molecule has 0 N–H and O–H groups in total. The van der Waals surface area contributed by atoms with E-state index in [1.54, 1.807) is 24.1 Å². The van der Waals surface area contributed by atoms with E-state index in [1.165, 1.54) is 5.56 Å². The van der Waals surface area contributed by atoms with Gasteiger partial charge in [0.05, 0.1) is 13.2 Å². The van der Waals surface area contributed by atoms with Crippen LogP contribution in [0.5, 0.6) is 0 Å². The predicted octanol–water partition coefficient (Wildman–Crippen LogP) is 5.22. The van der Waals surface area contributed by atoms with Crippen molar-refractivity contribution in [2.24, 2.45) is 0 Å². The van der Waals surface area contributed by atoms with Crippen LogP contribution in [0.4, 0.5) is 0 Å². The van der Waals surface area contributed by atoms with Gasteiger partial charge in [0.1, 0.15) is 6.54 Å². The largest absolute Gasteiger partial charge is 0.383 e. The van der Waals surface area contributed by atoms with Crippen molar-refractivity contribution in [1.29, 1.82) is 0 Å². The highest BCUT2D eigenvalue weighted by Gasteiger charge is 2.23. The lowest BCUT2D eigenvalue weighted by molar-refractivity contribution is -0.132. The van der Waals surface area contributed by atoms with Crippen LogP contribution in [-0.4, -0.2) is 59.5 Å². The van der Waals surface area contributed by atoms with E-state index in [-0.39, 0.29) is 18.4 Å². The molecule has 0 atom stereocenters. The molecule has 0 aliphatic heterocycles. The predicted molar refractivity (Wildman–Crippen MR) is 142 cm³/mol. The van der Waals surface area contributed by atoms with Gasteiger partial charge in [0.2, 0.25) is 5.91 Å². The topological polar surface area (TPSA) is 54.8 Å². The Morgan fingerprint density at radius 1 is 0.943 bits per heavy atom. The van der Waals surface area contributed by atoms with Crippen molar-refractivity contribution in [2.75, 3.05) is 33.4 Å². The quantitative estimate of drug-likeness (QED) is 0.299. The normalized spacial score (nSPS) is 10.8. The second-order valence-corrected chi connectivity index (χ2v) is 9.42. The number of hydrogen-bond donors (Lipinski definition) is 0. The number of unbranched alkanes of at least 4 members (excludes halogenated alkanes) is 1. The first-order valence-corrected chi connectivity index (χ1v) is 12.8. The first-order chi connectivity index (χ1) is 17.0. The van der Waals surface area contributed by atoms with Crippen LogP contribution in [0.25, 0.3) is 0 Å². The van der Waals surface area contributed by atoms with Gasteiger partial charge in [0.15, 0.2) is 0 Å². The number of benzene rings is 2. The van der Waals surface area contributed by atoms with E-state index in [0.717, 1.165) is 29.6 Å². The highest BCUT2D eigenvalue weighted by Crippen LogP contribution is 2.15. The van der Waals surface area contributed by atoms with Crippen molar-refractivity contribution in [1.82, 2.24) is 14.4 Å². The summed E-state index contributed by atoms with van der Waals surface area (Å²) in [5.41, 5.74) is 2.83. The maximum atomic E-state index is 13.5. The van der Waals surface area contributed by atoms with E-state index in [0.29, 0.717) is 31.8 Å². The summed E-state index contributed by atoms with van der Waals surface area (Å²) in [7, 11) is 1.60. The Labute approximate surface area is 216 Å². The fraction of sp³-hybridized carbons (Fsp3) is 0.357. The highest BCUT2D eigenvalue weighted by molar-refractivity contribution is 9.10. The Hall–Kier alpha value is -2.90. The van der Waals surface area contributed by atoms with E-state index in [1.807, 2.05) is 47.5 Å². The van der Waals surface area contributed by atoms with Crippen LogP contribution in [0.15, 0.2) is 77.4 Å². The number of halogens is 1. The van der Waals surface area contributed by atoms with Gasteiger partial charge in [-0.3, -0.25) is 9.59 Å². The SMILES string of the molecule is CCCCN(Cc1cccn1Cc1ccc(Br)cc1)C(=O)CN(CCOC)C(=O)c1ccccc1. The summed E-state index contributed by atoms with van der Waals surface area (Å²) in [5.74, 6) is -0.222. The van der Waals surface area contributed by atoms with Crippen LogP contribution in [0.2, 0.25) is 0 Å². The summed E-state index contributed by atoms with van der Waals surface area (Å²) in [6.45, 7) is 4.75. The van der Waals surface area contributed by atoms with E-state index in [9.17, 15) is 9.59 Å². The molecule has 6 nitrogen and oxygen atoms in total. The molecule has 0 fully saturated rings. The van der Waals surface area contributed by atoms with E-state index < -0.39 is 0 Å². The standard InChI is InChI=1S/C28H34BrN3O3/c1-3-4-16-31(21-26-11-8-17-30(26)20-23-12-14-25(29)15-13-23)27(33)22-32(18-19-35-2)28(34)24-9-6-5-7-10-24/h5-15,17H,3-4,16,18-22H2,1-2H3. The van der Waals surface area contributed by atoms with Gasteiger partial charge < -0.3 is 19.1 Å². The van der Waals surface area contributed by atoms with Crippen LogP contribution < -0.4 is 0 Å². The van der Waals surface area contributed by atoms with E-state index in [2.05, 4.69) is 45.6 Å². The van der Waals surface area contributed by atoms with E-state index >= 15 is 0 Å². The number of aromatic nitrogens is 1. The zero-order valence-corrected chi connectivity index (χ0v) is 22.1. The molecule has 0 aliphatic rings. The Kier molecular flexibility index (Phi) is 10.6. The average Bonchev–Trinajstić information content (AvgIpc) is 3.31. The minimum Gasteiger partial charge on any atom is -0.383 e. The van der Waals surface area contributed by atoms with Gasteiger partial charge in [0, 0.05) is 48.7 Å². The minimum atomic E-state index is -0.162. The monoisotopic (exact) mass is 539 g/mol. The molecular formula is C28H34BrN3O3. The van der Waals surface area contributed by atoms with Crippen LogP contribution in [0.3, 0.4) is 0 Å². The lowest BCUT2D eigenvalue weighted by Gasteiger charge is -2.28. The second kappa shape index (κ2) is 13.9. The van der Waals surface area contributed by atoms with Crippen LogP contribution in [-0.2, 0) is 22.6 Å². The van der Waals surface area contributed by atoms with Crippen molar-refractivity contribution < 1.29 is 14.3 Å². The molecule has 186 valence electrons. The molecule has 0 saturated heterocycles. The zero-order chi connectivity index (χ0) is 25.0. The molecule has 0 spiro atoms. The third-order valence-electron chi connectivity index (χ3n) is 5.88. The molecular weight excluding hydrogens is 506 g/mol. The Balaban J connectivity index is 1.74. The smallest absolute Gasteiger partial charge is 0.254 e. The summed E-state index contributed by atoms with van der Waals surface area (Å²) in [6.07, 6.45) is 3.94. The molecule has 2 aromatic carbocycles. The third kappa shape index (κ3) is 8.08. The van der Waals surface area contributed by atoms with Gasteiger partial charge in [-0.1, -0.05) is 59.6 Å². The number of hydrogen-bond acceptors (Lipinski definition) is 3. The molecule has 0 unspecified atom stereocenters. The summed E-state index contributed by atoms with van der Waals surface area (Å²) < 4.78 is 8.43. The maximum absolute atomic E-state index is 13.5. The fourth-order valence-electron chi connectivity index (χ4n) is 3.85. The van der Waals surface area contributed by atoms with Gasteiger partial charge in [0.25, 0.3) is 5.91 Å². The second-order valence-electron chi connectivity index (χ2n) is 8.51. The number of carbonyl (C=O) groups excluding carboxylic acids is 2. The number of methoxy groups -OCH3 is 1. The van der Waals surface area contributed by atoms with Gasteiger partial charge >= 0.3 is 0 Å². The van der Waals surface area contributed by atoms with Gasteiger partial charge in [-0.05, 0) is 48.4 Å². The Morgan fingerprint density at radius 3 is 2.37 bits per heavy atom. The first kappa shape index (κ1) is 26.7. The molecule has 0 radical (unpaired) electrons. The van der Waals surface area contributed by atoms with Crippen LogP contribution >= 0.6 is 15.9 Å². The Morgan fingerprint density at radius 2 is 1.69 bits per heavy atom. The average molecular weight is 541 g/mol. The van der Waals surface area contributed by atoms with Crippen molar-refractivity contribution in [3.63, 3.8) is 0 Å². The molecule has 7 heteroatoms. The summed E-state index contributed by atoms with van der Waals surface area (Å²) >= 11 is 3.48. The van der Waals surface area contributed by atoms with E-state index in [4.69, 9.17) is 4.74 Å². The van der Waals surface area contributed by atoms with Crippen molar-refractivity contribution >= 4 is 27.7 Å². The highest BCUT2D eigenvalue weighted by atomic mass is 79.9. The van der Waals surface area contributed by atoms with Crippen molar-refractivity contribution in [2.45, 2.75) is 32.9 Å². The summed E-state index contributed by atoms with van der Waals surface area (Å²) in [6, 6.07) is 21.4.